The molecular formula is C25H23ClF3N3O4S. The van der Waals surface area contributed by atoms with E-state index in [1.165, 1.54) is 12.1 Å². The van der Waals surface area contributed by atoms with E-state index in [4.69, 9.17) is 11.6 Å². The molecular weight excluding hydrogens is 531 g/mol. The second-order valence-electron chi connectivity index (χ2n) is 9.83. The Hall–Kier alpha value is -2.89. The second-order valence-corrected chi connectivity index (χ2v) is 12.3. The van der Waals surface area contributed by atoms with Crippen LogP contribution in [0.4, 0.5) is 18.9 Å². The highest BCUT2D eigenvalue weighted by Crippen LogP contribution is 2.51. The van der Waals surface area contributed by atoms with Gasteiger partial charge >= 0.3 is 0 Å². The van der Waals surface area contributed by atoms with Crippen LogP contribution in [0.5, 0.6) is 0 Å². The summed E-state index contributed by atoms with van der Waals surface area (Å²) in [5.74, 6) is -6.06. The Morgan fingerprint density at radius 3 is 2.38 bits per heavy atom. The first-order chi connectivity index (χ1) is 17.5. The molecule has 2 atom stereocenters. The third-order valence-electron chi connectivity index (χ3n) is 7.26. The van der Waals surface area contributed by atoms with Crippen LogP contribution in [0.2, 0.25) is 5.02 Å². The van der Waals surface area contributed by atoms with Crippen molar-refractivity contribution in [3.63, 3.8) is 0 Å². The molecule has 7 nitrogen and oxygen atoms in total. The van der Waals surface area contributed by atoms with Crippen molar-refractivity contribution in [2.24, 2.45) is 11.8 Å². The van der Waals surface area contributed by atoms with Gasteiger partial charge in [0.15, 0.2) is 27.3 Å². The van der Waals surface area contributed by atoms with Crippen LogP contribution in [-0.2, 0) is 16.4 Å². The van der Waals surface area contributed by atoms with E-state index >= 15 is 0 Å². The number of carbonyl (C=O) groups excluding carboxylic acids is 1. The first kappa shape index (κ1) is 25.7. The summed E-state index contributed by atoms with van der Waals surface area (Å²) in [6.45, 7) is 0.313. The van der Waals surface area contributed by atoms with E-state index in [2.05, 4.69) is 10.3 Å². The molecule has 3 aromatic rings. The van der Waals surface area contributed by atoms with Crippen molar-refractivity contribution in [1.82, 2.24) is 9.55 Å². The summed E-state index contributed by atoms with van der Waals surface area (Å²) in [4.78, 5) is 16.5. The maximum atomic E-state index is 13.8. The van der Waals surface area contributed by atoms with Crippen molar-refractivity contribution >= 4 is 33.0 Å². The Morgan fingerprint density at radius 1 is 1.14 bits per heavy atom. The molecule has 1 heterocycles. The van der Waals surface area contributed by atoms with Crippen LogP contribution in [-0.4, -0.2) is 39.8 Å². The van der Waals surface area contributed by atoms with Crippen LogP contribution in [0.25, 0.3) is 0 Å². The lowest BCUT2D eigenvalue weighted by atomic mass is 9.77. The average molecular weight is 554 g/mol. The van der Waals surface area contributed by atoms with Crippen LogP contribution in [0.1, 0.15) is 36.0 Å². The topological polar surface area (TPSA) is 101 Å². The van der Waals surface area contributed by atoms with Crippen LogP contribution >= 0.6 is 11.6 Å². The molecule has 1 aromatic heterocycles. The summed E-state index contributed by atoms with van der Waals surface area (Å²) in [7, 11) is -4.00. The number of anilines is 1. The van der Waals surface area contributed by atoms with Crippen LogP contribution < -0.4 is 5.32 Å². The number of imidazole rings is 1. The van der Waals surface area contributed by atoms with Gasteiger partial charge in [-0.15, -0.1) is 0 Å². The van der Waals surface area contributed by atoms with Gasteiger partial charge in [0.05, 0.1) is 33.6 Å². The van der Waals surface area contributed by atoms with Crippen molar-refractivity contribution in [1.29, 1.82) is 0 Å². The number of rotatable bonds is 6. The standard InChI is InChI=1S/C25H23ClF3N3O4S/c26-18-4-3-14(24(33)31-17-8-19(27)22(29)20(28)9-17)7-21(18)37(35,36)23-15-1-2-16(23)11-25(34,10-15)12-32-6-5-30-13-32/h3-9,13,15-16,23,34H,1-2,10-12H2,(H,31,33)/t15?,16?,23-,25-. The van der Waals surface area contributed by atoms with E-state index in [9.17, 15) is 31.5 Å². The predicted octanol–water partition coefficient (Wildman–Crippen LogP) is 4.60. The fourth-order valence-corrected chi connectivity index (χ4v) is 8.68. The molecule has 0 saturated heterocycles. The number of nitrogens with one attached hydrogen (secondary N) is 1. The number of hydrogen-bond acceptors (Lipinski definition) is 5. The molecule has 0 aliphatic heterocycles. The van der Waals surface area contributed by atoms with E-state index in [1.807, 2.05) is 0 Å². The van der Waals surface area contributed by atoms with E-state index in [1.54, 1.807) is 23.3 Å². The smallest absolute Gasteiger partial charge is 0.255 e. The molecule has 0 spiro atoms. The fourth-order valence-electron chi connectivity index (χ4n) is 5.83. The molecule has 12 heteroatoms. The Kier molecular flexibility index (Phi) is 6.57. The molecule has 196 valence electrons. The Balaban J connectivity index is 1.39. The van der Waals surface area contributed by atoms with Gasteiger partial charge in [-0.1, -0.05) is 11.6 Å². The molecule has 2 unspecified atom stereocenters. The van der Waals surface area contributed by atoms with Crippen molar-refractivity contribution in [3.05, 3.63) is 77.1 Å². The third-order valence-corrected chi connectivity index (χ3v) is 10.1. The Labute approximate surface area is 216 Å². The molecule has 37 heavy (non-hydrogen) atoms. The van der Waals surface area contributed by atoms with Crippen LogP contribution in [0.3, 0.4) is 0 Å². The summed E-state index contributed by atoms with van der Waals surface area (Å²) in [6.07, 6.45) is 6.83. The quantitative estimate of drug-likeness (QED) is 0.435. The predicted molar refractivity (Wildman–Crippen MR) is 129 cm³/mol. The van der Waals surface area contributed by atoms with Gasteiger partial charge in [-0.3, -0.25) is 4.79 Å². The minimum Gasteiger partial charge on any atom is -0.388 e. The fraction of sp³-hybridized carbons (Fsp3) is 0.360. The van der Waals surface area contributed by atoms with Gasteiger partial charge in [0.2, 0.25) is 0 Å². The molecule has 0 radical (unpaired) electrons. The summed E-state index contributed by atoms with van der Waals surface area (Å²) >= 11 is 6.28. The SMILES string of the molecule is O=C(Nc1cc(F)c(F)c(F)c1)c1ccc(Cl)c(S(=O)(=O)[C@H]2C3CCC2C[C@](O)(Cn2ccnc2)C3)c1. The number of aromatic nitrogens is 2. The number of nitrogens with zero attached hydrogens (tertiary/aromatic N) is 2. The van der Waals surface area contributed by atoms with E-state index in [0.717, 1.165) is 6.07 Å². The van der Waals surface area contributed by atoms with Crippen LogP contribution in [0.15, 0.2) is 53.9 Å². The zero-order valence-corrected chi connectivity index (χ0v) is 20.9. The molecule has 5 rings (SSSR count). The molecule has 2 aliphatic rings. The largest absolute Gasteiger partial charge is 0.388 e. The number of carbonyl (C=O) groups is 1. The third kappa shape index (κ3) is 4.87. The molecule has 2 saturated carbocycles. The maximum Gasteiger partial charge on any atom is 0.255 e. The summed E-state index contributed by atoms with van der Waals surface area (Å²) in [5, 5.41) is 12.7. The second kappa shape index (κ2) is 9.45. The summed E-state index contributed by atoms with van der Waals surface area (Å²) in [6, 6.07) is 4.93. The van der Waals surface area contributed by atoms with Gasteiger partial charge < -0.3 is 15.0 Å². The normalized spacial score (nSPS) is 25.3. The van der Waals surface area contributed by atoms with E-state index in [0.29, 0.717) is 44.4 Å². The molecule has 2 N–H and O–H groups in total. The minimum absolute atomic E-state index is 0.0610. The van der Waals surface area contributed by atoms with Crippen molar-refractivity contribution in [3.8, 4) is 0 Å². The molecule has 2 aliphatic carbocycles. The number of hydrogen-bond donors (Lipinski definition) is 2. The van der Waals surface area contributed by atoms with Gasteiger partial charge in [0.1, 0.15) is 0 Å². The monoisotopic (exact) mass is 553 g/mol. The number of fused-ring (bicyclic) bond motifs is 2. The lowest BCUT2D eigenvalue weighted by Gasteiger charge is -2.41. The summed E-state index contributed by atoms with van der Waals surface area (Å²) < 4.78 is 69.7. The van der Waals surface area contributed by atoms with Gasteiger partial charge in [-0.2, -0.15) is 0 Å². The van der Waals surface area contributed by atoms with Gasteiger partial charge in [0.25, 0.3) is 5.91 Å². The Morgan fingerprint density at radius 2 is 1.78 bits per heavy atom. The average Bonchev–Trinajstić information content (AvgIpc) is 3.43. The van der Waals surface area contributed by atoms with Crippen molar-refractivity contribution in [2.45, 2.75) is 48.0 Å². The van der Waals surface area contributed by atoms with E-state index in [-0.39, 0.29) is 33.0 Å². The Bertz CT molecular complexity index is 1430. The molecule has 2 bridgehead atoms. The van der Waals surface area contributed by atoms with Gasteiger partial charge in [0, 0.05) is 35.8 Å². The molecule has 1 amide bonds. The number of sulfone groups is 1. The zero-order chi connectivity index (χ0) is 26.5. The van der Waals surface area contributed by atoms with Crippen molar-refractivity contribution < 1.29 is 31.5 Å². The molecule has 2 aromatic carbocycles. The first-order valence-corrected chi connectivity index (χ1v) is 13.6. The highest BCUT2D eigenvalue weighted by Gasteiger charge is 2.54. The highest BCUT2D eigenvalue weighted by atomic mass is 35.5. The maximum absolute atomic E-state index is 13.8. The first-order valence-electron chi connectivity index (χ1n) is 11.6. The number of amides is 1. The lowest BCUT2D eigenvalue weighted by Crippen LogP contribution is -2.48. The van der Waals surface area contributed by atoms with Crippen molar-refractivity contribution in [2.75, 3.05) is 5.32 Å². The minimum atomic E-state index is -4.00. The highest BCUT2D eigenvalue weighted by molar-refractivity contribution is 7.92. The summed E-state index contributed by atoms with van der Waals surface area (Å²) in [5.41, 5.74) is -1.50. The number of halogens is 4. The van der Waals surface area contributed by atoms with Gasteiger partial charge in [-0.25, -0.2) is 26.6 Å². The number of benzene rings is 2. The van der Waals surface area contributed by atoms with E-state index < -0.39 is 44.0 Å². The van der Waals surface area contributed by atoms with Crippen LogP contribution in [0, 0.1) is 29.3 Å². The number of aliphatic hydroxyl groups is 1. The molecule has 2 fully saturated rings. The zero-order valence-electron chi connectivity index (χ0n) is 19.4. The lowest BCUT2D eigenvalue weighted by molar-refractivity contribution is -0.0329. The van der Waals surface area contributed by atoms with Gasteiger partial charge in [-0.05, 0) is 55.7 Å².